The van der Waals surface area contributed by atoms with Gasteiger partial charge in [0.25, 0.3) is 0 Å². The summed E-state index contributed by atoms with van der Waals surface area (Å²) in [6.07, 6.45) is -2.60. The number of nitrogens with one attached hydrogen (secondary N) is 1. The number of rotatable bonds is 4. The van der Waals surface area contributed by atoms with E-state index in [-0.39, 0.29) is 16.4 Å². The van der Waals surface area contributed by atoms with Crippen LogP contribution in [0.3, 0.4) is 0 Å². The molecule has 12 heteroatoms. The molecule has 1 aliphatic heterocycles. The molecule has 1 aromatic heterocycles. The third kappa shape index (κ3) is 5.12. The lowest BCUT2D eigenvalue weighted by molar-refractivity contribution is -0.137. The minimum atomic E-state index is -4.45. The molecular weight excluding hydrogens is 427 g/mol. The zero-order valence-corrected chi connectivity index (χ0v) is 16.3. The summed E-state index contributed by atoms with van der Waals surface area (Å²) in [6.45, 7) is 1.46. The molecule has 1 fully saturated rings. The highest BCUT2D eigenvalue weighted by atomic mass is 32.1. The van der Waals surface area contributed by atoms with Crippen LogP contribution in [0.1, 0.15) is 11.1 Å². The summed E-state index contributed by atoms with van der Waals surface area (Å²) in [5.74, 6) is -0.910. The van der Waals surface area contributed by atoms with Crippen LogP contribution in [0.2, 0.25) is 0 Å². The van der Waals surface area contributed by atoms with Crippen molar-refractivity contribution in [2.75, 3.05) is 36.0 Å². The van der Waals surface area contributed by atoms with Gasteiger partial charge >= 0.3 is 6.18 Å². The molecule has 3 N–H and O–H groups in total. The lowest BCUT2D eigenvalue weighted by Gasteiger charge is -2.37. The number of hydrogen-bond donors (Lipinski definition) is 2. The molecule has 0 unspecified atom stereocenters. The van der Waals surface area contributed by atoms with Crippen LogP contribution in [0, 0.1) is 11.6 Å². The largest absolute Gasteiger partial charge is 0.417 e. The van der Waals surface area contributed by atoms with Crippen LogP contribution in [0.5, 0.6) is 0 Å². The van der Waals surface area contributed by atoms with Gasteiger partial charge in [-0.05, 0) is 30.4 Å². The summed E-state index contributed by atoms with van der Waals surface area (Å²) >= 11 is 4.56. The van der Waals surface area contributed by atoms with Gasteiger partial charge in [-0.15, -0.1) is 0 Å². The highest BCUT2D eigenvalue weighted by molar-refractivity contribution is 7.80. The lowest BCUT2D eigenvalue weighted by Crippen LogP contribution is -2.47. The van der Waals surface area contributed by atoms with Gasteiger partial charge in [0.2, 0.25) is 0 Å². The molecule has 1 aromatic carbocycles. The Morgan fingerprint density at radius 3 is 2.33 bits per heavy atom. The zero-order chi connectivity index (χ0) is 21.9. The van der Waals surface area contributed by atoms with E-state index in [4.69, 9.17) is 5.73 Å². The van der Waals surface area contributed by atoms with Crippen LogP contribution in [0.4, 0.5) is 33.5 Å². The average Bonchev–Trinajstić information content (AvgIpc) is 2.70. The quantitative estimate of drug-likeness (QED) is 0.327. The van der Waals surface area contributed by atoms with Crippen molar-refractivity contribution in [3.8, 4) is 0 Å². The number of alkyl halides is 3. The van der Waals surface area contributed by atoms with Crippen LogP contribution in [-0.2, 0) is 6.18 Å². The van der Waals surface area contributed by atoms with E-state index in [1.807, 2.05) is 0 Å². The number of piperazine rings is 1. The van der Waals surface area contributed by atoms with Crippen molar-refractivity contribution in [2.45, 2.75) is 6.18 Å². The molecule has 3 rings (SSSR count). The van der Waals surface area contributed by atoms with Crippen molar-refractivity contribution in [3.05, 3.63) is 53.2 Å². The number of hydrogen-bond acceptors (Lipinski definition) is 5. The van der Waals surface area contributed by atoms with E-state index in [9.17, 15) is 22.0 Å². The Hall–Kier alpha value is -3.02. The Bertz CT molecular complexity index is 939. The summed E-state index contributed by atoms with van der Waals surface area (Å²) in [7, 11) is 0. The minimum Gasteiger partial charge on any atom is -0.375 e. The molecule has 6 nitrogen and oxygen atoms in total. The van der Waals surface area contributed by atoms with Crippen molar-refractivity contribution >= 4 is 35.1 Å². The van der Waals surface area contributed by atoms with Gasteiger partial charge in [-0.3, -0.25) is 5.43 Å². The molecule has 2 aromatic rings. The number of pyridine rings is 1. The second kappa shape index (κ2) is 8.78. The number of thiocarbonyl (C=S) groups is 1. The fraction of sp³-hybridized carbons (Fsp3) is 0.278. The van der Waals surface area contributed by atoms with E-state index >= 15 is 0 Å². The summed E-state index contributed by atoms with van der Waals surface area (Å²) in [6, 6.07) is 4.35. The van der Waals surface area contributed by atoms with Gasteiger partial charge in [-0.25, -0.2) is 13.8 Å². The fourth-order valence-electron chi connectivity index (χ4n) is 2.98. The van der Waals surface area contributed by atoms with Crippen LogP contribution < -0.4 is 21.0 Å². The van der Waals surface area contributed by atoms with Crippen LogP contribution >= 0.6 is 12.2 Å². The minimum absolute atomic E-state index is 0.0763. The van der Waals surface area contributed by atoms with Crippen molar-refractivity contribution < 1.29 is 22.0 Å². The van der Waals surface area contributed by atoms with Gasteiger partial charge in [-0.1, -0.05) is 0 Å². The normalized spacial score (nSPS) is 15.0. The number of anilines is 2. The number of aromatic nitrogens is 1. The molecule has 1 aliphatic rings. The standard InChI is InChI=1S/C18H17F5N6S/c19-13-8-15(14(20)7-11(13)9-26-27-17(24)30)28-3-5-29(6-4-28)16-2-1-12(10-25-16)18(21,22)23/h1-2,7-10H,3-6H2,(H3,24,27,30)/b26-9+. The maximum Gasteiger partial charge on any atom is 0.417 e. The smallest absolute Gasteiger partial charge is 0.375 e. The summed E-state index contributed by atoms with van der Waals surface area (Å²) in [4.78, 5) is 7.31. The number of benzene rings is 1. The molecule has 0 spiro atoms. The molecule has 0 radical (unpaired) electrons. The summed E-state index contributed by atoms with van der Waals surface area (Å²) in [5, 5.41) is 3.50. The first-order valence-electron chi connectivity index (χ1n) is 8.76. The van der Waals surface area contributed by atoms with Crippen molar-refractivity contribution in [1.29, 1.82) is 0 Å². The number of nitrogens with two attached hydrogens (primary N) is 1. The molecule has 2 heterocycles. The molecule has 0 atom stereocenters. The van der Waals surface area contributed by atoms with E-state index in [1.165, 1.54) is 6.07 Å². The Balaban J connectivity index is 1.66. The van der Waals surface area contributed by atoms with Gasteiger partial charge in [0.05, 0.1) is 17.5 Å². The maximum absolute atomic E-state index is 14.5. The maximum atomic E-state index is 14.5. The molecule has 160 valence electrons. The molecule has 0 bridgehead atoms. The monoisotopic (exact) mass is 444 g/mol. The second-order valence-corrected chi connectivity index (χ2v) is 6.88. The van der Waals surface area contributed by atoms with Gasteiger partial charge < -0.3 is 15.5 Å². The lowest BCUT2D eigenvalue weighted by atomic mass is 10.1. The molecule has 0 aliphatic carbocycles. The molecule has 1 saturated heterocycles. The first-order valence-corrected chi connectivity index (χ1v) is 9.16. The number of halogens is 5. The SMILES string of the molecule is NC(=S)N/N=C/c1cc(F)c(N2CCN(c3ccc(C(F)(F)F)cn3)CC2)cc1F. The Kier molecular flexibility index (Phi) is 6.34. The molecule has 0 saturated carbocycles. The van der Waals surface area contributed by atoms with Gasteiger partial charge in [0, 0.05) is 44.0 Å². The topological polar surface area (TPSA) is 69.8 Å². The first kappa shape index (κ1) is 21.7. The van der Waals surface area contributed by atoms with Crippen LogP contribution in [0.25, 0.3) is 0 Å². The third-order valence-electron chi connectivity index (χ3n) is 4.46. The van der Waals surface area contributed by atoms with Crippen molar-refractivity contribution in [1.82, 2.24) is 10.4 Å². The summed E-state index contributed by atoms with van der Waals surface area (Å²) < 4.78 is 66.8. The van der Waals surface area contributed by atoms with Crippen LogP contribution in [-0.4, -0.2) is 42.5 Å². The Labute approximate surface area is 174 Å². The predicted octanol–water partition coefficient (Wildman–Crippen LogP) is 2.87. The number of nitrogens with zero attached hydrogens (tertiary/aromatic N) is 4. The van der Waals surface area contributed by atoms with Gasteiger partial charge in [0.1, 0.15) is 17.5 Å². The average molecular weight is 444 g/mol. The molecular formula is C18H17F5N6S. The van der Waals surface area contributed by atoms with E-state index in [1.54, 1.807) is 9.80 Å². The number of hydrazone groups is 1. The summed E-state index contributed by atoms with van der Waals surface area (Å²) in [5.41, 5.74) is 6.64. The van der Waals surface area contributed by atoms with E-state index in [2.05, 4.69) is 27.7 Å². The second-order valence-electron chi connectivity index (χ2n) is 6.44. The van der Waals surface area contributed by atoms with E-state index in [0.29, 0.717) is 32.0 Å². The molecule has 0 amide bonds. The highest BCUT2D eigenvalue weighted by Gasteiger charge is 2.31. The van der Waals surface area contributed by atoms with Gasteiger partial charge in [0.15, 0.2) is 5.11 Å². The zero-order valence-electron chi connectivity index (χ0n) is 15.5. The highest BCUT2D eigenvalue weighted by Crippen LogP contribution is 2.30. The molecule has 30 heavy (non-hydrogen) atoms. The Morgan fingerprint density at radius 1 is 1.10 bits per heavy atom. The predicted molar refractivity (Wildman–Crippen MR) is 108 cm³/mol. The van der Waals surface area contributed by atoms with E-state index < -0.39 is 23.4 Å². The Morgan fingerprint density at radius 2 is 1.77 bits per heavy atom. The van der Waals surface area contributed by atoms with Crippen LogP contribution in [0.15, 0.2) is 35.6 Å². The van der Waals surface area contributed by atoms with Crippen molar-refractivity contribution in [2.24, 2.45) is 10.8 Å². The van der Waals surface area contributed by atoms with E-state index in [0.717, 1.165) is 30.6 Å². The fourth-order valence-corrected chi connectivity index (χ4v) is 3.03. The van der Waals surface area contributed by atoms with Crippen molar-refractivity contribution in [3.63, 3.8) is 0 Å². The first-order chi connectivity index (χ1) is 14.1. The van der Waals surface area contributed by atoms with Gasteiger partial charge in [-0.2, -0.15) is 18.3 Å². The third-order valence-corrected chi connectivity index (χ3v) is 4.56.